The Hall–Kier alpha value is -2.66. The number of aliphatic carboxylic acids is 1. The molecular weight excluding hydrogens is 340 g/mol. The van der Waals surface area contributed by atoms with Gasteiger partial charge in [-0.2, -0.15) is 5.10 Å². The quantitative estimate of drug-likeness (QED) is 0.827. The van der Waals surface area contributed by atoms with E-state index in [1.807, 2.05) is 48.5 Å². The van der Waals surface area contributed by atoms with Crippen LogP contribution in [0.1, 0.15) is 36.4 Å². The van der Waals surface area contributed by atoms with Gasteiger partial charge in [-0.25, -0.2) is 5.01 Å². The Labute approximate surface area is 150 Å². The fraction of sp³-hybridized carbons (Fsp3) is 0.211. The smallest absolute Gasteiger partial charge is 0.243 e. The number of carboxylic acids is 1. The number of carbonyl (C=O) groups is 2. The van der Waals surface area contributed by atoms with Gasteiger partial charge in [0.2, 0.25) is 5.91 Å². The maximum absolute atomic E-state index is 12.5. The van der Waals surface area contributed by atoms with E-state index < -0.39 is 5.97 Å². The molecule has 1 heterocycles. The van der Waals surface area contributed by atoms with E-state index in [1.165, 1.54) is 5.01 Å². The Morgan fingerprint density at radius 3 is 2.44 bits per heavy atom. The lowest BCUT2D eigenvalue weighted by Crippen LogP contribution is -2.30. The molecule has 0 saturated carbocycles. The molecule has 1 atom stereocenters. The number of carboxylic acid groups (broad SMARTS) is 1. The lowest BCUT2D eigenvalue weighted by Gasteiger charge is -2.23. The zero-order valence-corrected chi connectivity index (χ0v) is 14.1. The third kappa shape index (κ3) is 3.88. The topological polar surface area (TPSA) is 72.8 Å². The zero-order valence-electron chi connectivity index (χ0n) is 13.4. The van der Waals surface area contributed by atoms with Crippen LogP contribution in [-0.4, -0.2) is 22.6 Å². The Morgan fingerprint density at radius 1 is 1.08 bits per heavy atom. The van der Waals surface area contributed by atoms with Gasteiger partial charge in [0.1, 0.15) is 0 Å². The van der Waals surface area contributed by atoms with Gasteiger partial charge in [-0.3, -0.25) is 4.79 Å². The van der Waals surface area contributed by atoms with E-state index in [2.05, 4.69) is 5.10 Å². The summed E-state index contributed by atoms with van der Waals surface area (Å²) in [4.78, 5) is 23.2. The molecule has 1 aliphatic heterocycles. The van der Waals surface area contributed by atoms with Gasteiger partial charge in [0.05, 0.1) is 11.8 Å². The number of hydrogen-bond donors (Lipinski definition) is 0. The first-order valence-corrected chi connectivity index (χ1v) is 8.33. The number of benzene rings is 2. The molecule has 0 spiro atoms. The summed E-state index contributed by atoms with van der Waals surface area (Å²) in [5, 5.41) is 17.0. The molecule has 0 saturated heterocycles. The van der Waals surface area contributed by atoms with E-state index in [0.29, 0.717) is 11.4 Å². The molecule has 0 bridgehead atoms. The average molecular weight is 356 g/mol. The van der Waals surface area contributed by atoms with Crippen molar-refractivity contribution in [3.63, 3.8) is 0 Å². The van der Waals surface area contributed by atoms with Crippen molar-refractivity contribution in [3.05, 3.63) is 70.7 Å². The maximum atomic E-state index is 12.5. The van der Waals surface area contributed by atoms with Gasteiger partial charge < -0.3 is 9.90 Å². The lowest BCUT2D eigenvalue weighted by atomic mass is 9.98. The zero-order chi connectivity index (χ0) is 17.8. The van der Waals surface area contributed by atoms with Crippen molar-refractivity contribution in [3.8, 4) is 0 Å². The number of hydrazone groups is 1. The monoisotopic (exact) mass is 355 g/mol. The Kier molecular flexibility index (Phi) is 5.14. The first kappa shape index (κ1) is 17.2. The lowest BCUT2D eigenvalue weighted by molar-refractivity contribution is -0.305. The average Bonchev–Trinajstić information content (AvgIpc) is 3.06. The maximum Gasteiger partial charge on any atom is 0.243 e. The minimum atomic E-state index is -1.26. The van der Waals surface area contributed by atoms with Crippen molar-refractivity contribution in [1.29, 1.82) is 0 Å². The summed E-state index contributed by atoms with van der Waals surface area (Å²) in [7, 11) is 0. The second-order valence-corrected chi connectivity index (χ2v) is 6.17. The Balaban J connectivity index is 1.92. The highest BCUT2D eigenvalue weighted by Gasteiger charge is 2.33. The number of hydrogen-bond acceptors (Lipinski definition) is 4. The van der Waals surface area contributed by atoms with Gasteiger partial charge in [0.15, 0.2) is 0 Å². The van der Waals surface area contributed by atoms with Crippen LogP contribution in [0.2, 0.25) is 5.02 Å². The van der Waals surface area contributed by atoms with Gasteiger partial charge in [0, 0.05) is 23.8 Å². The van der Waals surface area contributed by atoms with E-state index in [0.717, 1.165) is 16.8 Å². The predicted molar refractivity (Wildman–Crippen MR) is 92.9 cm³/mol. The summed E-state index contributed by atoms with van der Waals surface area (Å²) in [5.74, 6) is -1.62. The van der Waals surface area contributed by atoms with E-state index in [1.54, 1.807) is 6.07 Å². The molecule has 0 unspecified atom stereocenters. The number of amides is 1. The van der Waals surface area contributed by atoms with Crippen molar-refractivity contribution in [2.45, 2.75) is 25.3 Å². The predicted octanol–water partition coefficient (Wildman–Crippen LogP) is 2.55. The number of carbonyl (C=O) groups excluding carboxylic acids is 2. The third-order valence-electron chi connectivity index (χ3n) is 4.08. The molecule has 2 aromatic carbocycles. The van der Waals surface area contributed by atoms with Gasteiger partial charge >= 0.3 is 0 Å². The summed E-state index contributed by atoms with van der Waals surface area (Å²) in [6, 6.07) is 16.5. The van der Waals surface area contributed by atoms with Crippen LogP contribution in [0.3, 0.4) is 0 Å². The first-order chi connectivity index (χ1) is 12.1. The largest absolute Gasteiger partial charge is 0.550 e. The normalized spacial score (nSPS) is 16.6. The fourth-order valence-corrected chi connectivity index (χ4v) is 3.12. The molecule has 0 N–H and O–H groups in total. The van der Waals surface area contributed by atoms with Gasteiger partial charge in [0.25, 0.3) is 0 Å². The van der Waals surface area contributed by atoms with Crippen LogP contribution < -0.4 is 5.11 Å². The molecule has 6 heteroatoms. The molecule has 0 aliphatic carbocycles. The van der Waals surface area contributed by atoms with Gasteiger partial charge in [-0.15, -0.1) is 0 Å². The molecule has 1 aliphatic rings. The Morgan fingerprint density at radius 2 is 1.76 bits per heavy atom. The van der Waals surface area contributed by atoms with Crippen LogP contribution in [0.25, 0.3) is 0 Å². The van der Waals surface area contributed by atoms with Gasteiger partial charge in [-0.05, 0) is 23.6 Å². The highest BCUT2D eigenvalue weighted by Crippen LogP contribution is 2.36. The van der Waals surface area contributed by atoms with Crippen molar-refractivity contribution in [2.24, 2.45) is 5.10 Å². The van der Waals surface area contributed by atoms with Crippen LogP contribution in [0, 0.1) is 0 Å². The second-order valence-electron chi connectivity index (χ2n) is 5.76. The standard InChI is InChI=1S/C19H17ClN2O3/c20-15-9-5-4-8-14(15)17-12-16(13-6-2-1-3-7-13)21-22(17)18(23)10-11-19(24)25/h1-9,17H,10-12H2,(H,24,25)/p-1/t17-/m1/s1. The molecule has 0 aromatic heterocycles. The Bertz CT molecular complexity index is 820. The highest BCUT2D eigenvalue weighted by atomic mass is 35.5. The van der Waals surface area contributed by atoms with E-state index >= 15 is 0 Å². The molecule has 3 rings (SSSR count). The van der Waals surface area contributed by atoms with E-state index in [4.69, 9.17) is 11.6 Å². The van der Waals surface area contributed by atoms with E-state index in [-0.39, 0.29) is 24.8 Å². The third-order valence-corrected chi connectivity index (χ3v) is 4.42. The molecule has 25 heavy (non-hydrogen) atoms. The van der Waals surface area contributed by atoms with Crippen molar-refractivity contribution in [2.75, 3.05) is 0 Å². The van der Waals surface area contributed by atoms with Crippen molar-refractivity contribution < 1.29 is 14.7 Å². The minimum Gasteiger partial charge on any atom is -0.550 e. The van der Waals surface area contributed by atoms with Crippen molar-refractivity contribution >= 4 is 29.2 Å². The van der Waals surface area contributed by atoms with Crippen LogP contribution in [-0.2, 0) is 9.59 Å². The summed E-state index contributed by atoms with van der Waals surface area (Å²) in [5.41, 5.74) is 2.49. The molecule has 5 nitrogen and oxygen atoms in total. The van der Waals surface area contributed by atoms with Crippen LogP contribution in [0.5, 0.6) is 0 Å². The van der Waals surface area contributed by atoms with Crippen LogP contribution >= 0.6 is 11.6 Å². The van der Waals surface area contributed by atoms with Crippen molar-refractivity contribution in [1.82, 2.24) is 5.01 Å². The molecule has 0 fully saturated rings. The molecular formula is C19H16ClN2O3-. The summed E-state index contributed by atoms with van der Waals surface area (Å²) >= 11 is 6.30. The molecule has 2 aromatic rings. The fourth-order valence-electron chi connectivity index (χ4n) is 2.86. The van der Waals surface area contributed by atoms with Gasteiger partial charge in [-0.1, -0.05) is 60.1 Å². The number of rotatable bonds is 5. The molecule has 128 valence electrons. The van der Waals surface area contributed by atoms with Crippen LogP contribution in [0.4, 0.5) is 0 Å². The number of halogens is 1. The second kappa shape index (κ2) is 7.49. The first-order valence-electron chi connectivity index (χ1n) is 7.95. The summed E-state index contributed by atoms with van der Waals surface area (Å²) in [6.45, 7) is 0. The van der Waals surface area contributed by atoms with Crippen LogP contribution in [0.15, 0.2) is 59.7 Å². The number of nitrogens with zero attached hydrogens (tertiary/aromatic N) is 2. The highest BCUT2D eigenvalue weighted by molar-refractivity contribution is 6.31. The minimum absolute atomic E-state index is 0.158. The SMILES string of the molecule is O=C([O-])CCC(=O)N1N=C(c2ccccc2)C[C@@H]1c1ccccc1Cl. The summed E-state index contributed by atoms with van der Waals surface area (Å²) < 4.78 is 0. The summed E-state index contributed by atoms with van der Waals surface area (Å²) in [6.07, 6.45) is 0.0282. The van der Waals surface area contributed by atoms with E-state index in [9.17, 15) is 14.7 Å². The molecule has 1 amide bonds. The molecule has 0 radical (unpaired) electrons.